The van der Waals surface area contributed by atoms with Crippen molar-refractivity contribution in [3.05, 3.63) is 36.5 Å². The second kappa shape index (κ2) is 7.49. The number of alkyl halides is 3. The summed E-state index contributed by atoms with van der Waals surface area (Å²) >= 11 is 0. The number of aryl methyl sites for hydroxylation is 1. The SMILES string of the molecule is Cc1nc2ncc(-c3ccn4nc(NCC(F)(F)F)ncc34)cc2n1C1CCOCC1. The van der Waals surface area contributed by atoms with Crippen LogP contribution < -0.4 is 5.32 Å². The maximum absolute atomic E-state index is 12.4. The molecule has 5 rings (SSSR count). The molecule has 8 nitrogen and oxygen atoms in total. The quantitative estimate of drug-likeness (QED) is 0.530. The molecule has 5 heterocycles. The lowest BCUT2D eigenvalue weighted by molar-refractivity contribution is -0.115. The topological polar surface area (TPSA) is 82.2 Å². The van der Waals surface area contributed by atoms with Crippen LogP contribution in [0.1, 0.15) is 24.7 Å². The molecule has 0 atom stereocenters. The highest BCUT2D eigenvalue weighted by molar-refractivity contribution is 5.85. The minimum atomic E-state index is -4.34. The van der Waals surface area contributed by atoms with E-state index in [0.717, 1.165) is 48.5 Å². The number of ether oxygens (including phenoxy) is 1. The lowest BCUT2D eigenvalue weighted by atomic mass is 10.1. The van der Waals surface area contributed by atoms with Crippen molar-refractivity contribution < 1.29 is 17.9 Å². The van der Waals surface area contributed by atoms with Crippen LogP contribution in [-0.4, -0.2) is 55.1 Å². The van der Waals surface area contributed by atoms with Crippen LogP contribution in [0.4, 0.5) is 19.1 Å². The van der Waals surface area contributed by atoms with Gasteiger partial charge >= 0.3 is 6.18 Å². The zero-order valence-electron chi connectivity index (χ0n) is 16.7. The van der Waals surface area contributed by atoms with E-state index in [1.54, 1.807) is 12.4 Å². The van der Waals surface area contributed by atoms with Crippen molar-refractivity contribution in [2.24, 2.45) is 0 Å². The molecule has 4 aromatic rings. The Labute approximate surface area is 175 Å². The molecule has 0 unspecified atom stereocenters. The number of anilines is 1. The standard InChI is InChI=1S/C20H20F3N7O/c1-12-27-18-16(30(12)14-3-6-31-7-4-14)8-13(9-24-18)15-2-5-29-17(15)10-25-19(28-29)26-11-20(21,22)23/h2,5,8-10,14H,3-4,6-7,11H2,1H3,(H,26,28). The summed E-state index contributed by atoms with van der Waals surface area (Å²) in [5.74, 6) is 0.825. The van der Waals surface area contributed by atoms with Crippen molar-refractivity contribution in [2.75, 3.05) is 25.1 Å². The number of hydrogen-bond donors (Lipinski definition) is 1. The number of hydrogen-bond acceptors (Lipinski definition) is 6. The minimum Gasteiger partial charge on any atom is -0.381 e. The van der Waals surface area contributed by atoms with Gasteiger partial charge in [-0.05, 0) is 31.9 Å². The van der Waals surface area contributed by atoms with E-state index in [1.807, 2.05) is 19.1 Å². The third-order valence-corrected chi connectivity index (χ3v) is 5.45. The zero-order chi connectivity index (χ0) is 21.6. The van der Waals surface area contributed by atoms with Crippen LogP contribution in [-0.2, 0) is 4.74 Å². The van der Waals surface area contributed by atoms with Crippen LogP contribution in [0.25, 0.3) is 27.8 Å². The molecule has 11 heteroatoms. The Kier molecular flexibility index (Phi) is 4.77. The largest absolute Gasteiger partial charge is 0.405 e. The number of halogens is 3. The van der Waals surface area contributed by atoms with E-state index in [4.69, 9.17) is 4.74 Å². The maximum atomic E-state index is 12.4. The number of pyridine rings is 1. The predicted molar refractivity (Wildman–Crippen MR) is 108 cm³/mol. The van der Waals surface area contributed by atoms with Crippen molar-refractivity contribution in [3.63, 3.8) is 0 Å². The molecular formula is C20H20F3N7O. The van der Waals surface area contributed by atoms with Crippen LogP contribution in [0.5, 0.6) is 0 Å². The molecular weight excluding hydrogens is 411 g/mol. The second-order valence-corrected chi connectivity index (χ2v) is 7.55. The van der Waals surface area contributed by atoms with Gasteiger partial charge in [-0.15, -0.1) is 5.10 Å². The molecule has 1 saturated heterocycles. The third kappa shape index (κ3) is 3.80. The predicted octanol–water partition coefficient (Wildman–Crippen LogP) is 3.78. The highest BCUT2D eigenvalue weighted by Crippen LogP contribution is 2.31. The molecule has 31 heavy (non-hydrogen) atoms. The van der Waals surface area contributed by atoms with Gasteiger partial charge in [-0.25, -0.2) is 19.5 Å². The molecule has 1 N–H and O–H groups in total. The highest BCUT2D eigenvalue weighted by Gasteiger charge is 2.27. The Morgan fingerprint density at radius 3 is 2.74 bits per heavy atom. The molecule has 0 saturated carbocycles. The molecule has 0 amide bonds. The number of fused-ring (bicyclic) bond motifs is 2. The van der Waals surface area contributed by atoms with Gasteiger partial charge in [0.2, 0.25) is 5.95 Å². The summed E-state index contributed by atoms with van der Waals surface area (Å²) in [7, 11) is 0. The van der Waals surface area contributed by atoms with E-state index in [-0.39, 0.29) is 5.95 Å². The number of rotatable bonds is 4. The first kappa shape index (κ1) is 19.7. The molecule has 0 spiro atoms. The fourth-order valence-electron chi connectivity index (χ4n) is 4.05. The van der Waals surface area contributed by atoms with Crippen LogP contribution in [0.2, 0.25) is 0 Å². The van der Waals surface area contributed by atoms with E-state index in [0.29, 0.717) is 17.2 Å². The first-order valence-corrected chi connectivity index (χ1v) is 9.97. The Bertz CT molecular complexity index is 1240. The average molecular weight is 431 g/mol. The van der Waals surface area contributed by atoms with Crippen LogP contribution in [0.15, 0.2) is 30.7 Å². The molecule has 1 aliphatic rings. The van der Waals surface area contributed by atoms with E-state index in [1.165, 1.54) is 10.7 Å². The van der Waals surface area contributed by atoms with Crippen LogP contribution in [0, 0.1) is 6.92 Å². The lowest BCUT2D eigenvalue weighted by Crippen LogP contribution is -2.22. The Morgan fingerprint density at radius 2 is 1.97 bits per heavy atom. The van der Waals surface area contributed by atoms with Crippen molar-refractivity contribution >= 4 is 22.6 Å². The summed E-state index contributed by atoms with van der Waals surface area (Å²) in [6, 6.07) is 4.21. The van der Waals surface area contributed by atoms with E-state index >= 15 is 0 Å². The zero-order valence-corrected chi connectivity index (χ0v) is 16.7. The van der Waals surface area contributed by atoms with E-state index in [9.17, 15) is 13.2 Å². The maximum Gasteiger partial charge on any atom is 0.405 e. The summed E-state index contributed by atoms with van der Waals surface area (Å²) in [5.41, 5.74) is 4.02. The van der Waals surface area contributed by atoms with E-state index < -0.39 is 12.7 Å². The van der Waals surface area contributed by atoms with Crippen LogP contribution in [0.3, 0.4) is 0 Å². The number of nitrogens with one attached hydrogen (secondary N) is 1. The van der Waals surface area contributed by atoms with Crippen molar-refractivity contribution in [1.82, 2.24) is 29.1 Å². The van der Waals surface area contributed by atoms with Gasteiger partial charge in [-0.3, -0.25) is 0 Å². The lowest BCUT2D eigenvalue weighted by Gasteiger charge is -2.25. The third-order valence-electron chi connectivity index (χ3n) is 5.45. The van der Waals surface area contributed by atoms with Crippen molar-refractivity contribution in [3.8, 4) is 11.1 Å². The number of aromatic nitrogens is 6. The molecule has 4 aromatic heterocycles. The van der Waals surface area contributed by atoms with Crippen molar-refractivity contribution in [1.29, 1.82) is 0 Å². The second-order valence-electron chi connectivity index (χ2n) is 7.55. The van der Waals surface area contributed by atoms with Gasteiger partial charge in [-0.1, -0.05) is 0 Å². The minimum absolute atomic E-state index is 0.0891. The van der Waals surface area contributed by atoms with Gasteiger partial charge < -0.3 is 14.6 Å². The highest BCUT2D eigenvalue weighted by atomic mass is 19.4. The summed E-state index contributed by atoms with van der Waals surface area (Å²) in [5, 5.41) is 6.32. The van der Waals surface area contributed by atoms with Gasteiger partial charge in [-0.2, -0.15) is 13.2 Å². The Morgan fingerprint density at radius 1 is 1.16 bits per heavy atom. The van der Waals surface area contributed by atoms with Gasteiger partial charge in [0.05, 0.1) is 17.2 Å². The molecule has 162 valence electrons. The average Bonchev–Trinajstić information content (AvgIpc) is 3.31. The van der Waals surface area contributed by atoms with Crippen LogP contribution >= 0.6 is 0 Å². The molecule has 0 bridgehead atoms. The summed E-state index contributed by atoms with van der Waals surface area (Å²) in [6.07, 6.45) is 2.45. The Hall–Kier alpha value is -3.21. The first-order valence-electron chi connectivity index (χ1n) is 9.97. The molecule has 0 radical (unpaired) electrons. The fourth-order valence-corrected chi connectivity index (χ4v) is 4.05. The normalized spacial score (nSPS) is 15.7. The van der Waals surface area contributed by atoms with Gasteiger partial charge in [0.25, 0.3) is 0 Å². The molecule has 0 aromatic carbocycles. The van der Waals surface area contributed by atoms with Gasteiger partial charge in [0.15, 0.2) is 5.65 Å². The molecule has 0 aliphatic carbocycles. The monoisotopic (exact) mass is 431 g/mol. The Balaban J connectivity index is 1.51. The van der Waals surface area contributed by atoms with Gasteiger partial charge in [0.1, 0.15) is 12.4 Å². The number of imidazole rings is 1. The van der Waals surface area contributed by atoms with Gasteiger partial charge in [0, 0.05) is 42.8 Å². The smallest absolute Gasteiger partial charge is 0.381 e. The molecule has 1 fully saturated rings. The summed E-state index contributed by atoms with van der Waals surface area (Å²) in [6.45, 7) is 2.24. The first-order chi connectivity index (χ1) is 14.9. The number of nitrogens with zero attached hydrogens (tertiary/aromatic N) is 6. The summed E-state index contributed by atoms with van der Waals surface area (Å²) < 4.78 is 46.5. The fraction of sp³-hybridized carbons (Fsp3) is 0.400. The summed E-state index contributed by atoms with van der Waals surface area (Å²) in [4.78, 5) is 13.2. The van der Waals surface area contributed by atoms with Crippen molar-refractivity contribution in [2.45, 2.75) is 32.0 Å². The van der Waals surface area contributed by atoms with E-state index in [2.05, 4.69) is 29.9 Å². The molecule has 1 aliphatic heterocycles.